The summed E-state index contributed by atoms with van der Waals surface area (Å²) in [6, 6.07) is 7.54. The molecule has 0 saturated heterocycles. The second-order valence-corrected chi connectivity index (χ2v) is 4.26. The first-order valence-electron chi connectivity index (χ1n) is 5.67. The van der Waals surface area contributed by atoms with Crippen LogP contribution in [0.25, 0.3) is 0 Å². The molecule has 3 heteroatoms. The number of hydrogen-bond acceptors (Lipinski definition) is 2. The molecule has 0 heterocycles. The van der Waals surface area contributed by atoms with E-state index in [1.807, 2.05) is 31.3 Å². The Morgan fingerprint density at radius 3 is 2.76 bits per heavy atom. The third-order valence-electron chi connectivity index (χ3n) is 3.09. The molecule has 0 spiro atoms. The van der Waals surface area contributed by atoms with Crippen molar-refractivity contribution in [3.63, 3.8) is 0 Å². The molecule has 1 aliphatic rings. The van der Waals surface area contributed by atoms with Crippen LogP contribution in [0.3, 0.4) is 0 Å². The van der Waals surface area contributed by atoms with Crippen LogP contribution in [0.5, 0.6) is 0 Å². The minimum atomic E-state index is -0.736. The molecule has 3 nitrogen and oxygen atoms in total. The Hall–Kier alpha value is -1.79. The van der Waals surface area contributed by atoms with E-state index in [1.54, 1.807) is 0 Å². The molecular formula is C14H15NO2. The zero-order chi connectivity index (χ0) is 12.3. The Kier molecular flexibility index (Phi) is 3.16. The number of carboxylic acids is 1. The van der Waals surface area contributed by atoms with Crippen LogP contribution in [0.4, 0.5) is 0 Å². The fraction of sp³-hybridized carbons (Fsp3) is 0.357. The van der Waals surface area contributed by atoms with Crippen molar-refractivity contribution in [2.24, 2.45) is 0 Å². The van der Waals surface area contributed by atoms with Gasteiger partial charge in [0.1, 0.15) is 0 Å². The Morgan fingerprint density at radius 2 is 2.18 bits per heavy atom. The van der Waals surface area contributed by atoms with Gasteiger partial charge in [-0.05, 0) is 31.5 Å². The molecular weight excluding hydrogens is 214 g/mol. The molecule has 0 aromatic heterocycles. The Bertz CT molecular complexity index is 492. The lowest BCUT2D eigenvalue weighted by Gasteiger charge is -2.12. The van der Waals surface area contributed by atoms with E-state index < -0.39 is 11.4 Å². The lowest BCUT2D eigenvalue weighted by Crippen LogP contribution is -2.20. The van der Waals surface area contributed by atoms with Gasteiger partial charge in [-0.1, -0.05) is 30.0 Å². The number of rotatable bonds is 3. The van der Waals surface area contributed by atoms with Crippen molar-refractivity contribution in [3.05, 3.63) is 35.4 Å². The summed E-state index contributed by atoms with van der Waals surface area (Å²) in [6.45, 7) is 0.606. The van der Waals surface area contributed by atoms with Gasteiger partial charge in [-0.25, -0.2) is 0 Å². The van der Waals surface area contributed by atoms with E-state index in [2.05, 4.69) is 17.2 Å². The average molecular weight is 229 g/mol. The van der Waals surface area contributed by atoms with Gasteiger partial charge in [0.05, 0.1) is 12.0 Å². The van der Waals surface area contributed by atoms with Gasteiger partial charge in [0, 0.05) is 5.56 Å². The number of aliphatic carboxylic acids is 1. The summed E-state index contributed by atoms with van der Waals surface area (Å²) in [5, 5.41) is 12.2. The molecule has 2 N–H and O–H groups in total. The molecule has 1 aromatic rings. The second-order valence-electron chi connectivity index (χ2n) is 4.26. The molecule has 0 unspecified atom stereocenters. The monoisotopic (exact) mass is 229 g/mol. The van der Waals surface area contributed by atoms with Gasteiger partial charge in [-0.3, -0.25) is 4.79 Å². The zero-order valence-electron chi connectivity index (χ0n) is 9.79. The molecule has 1 saturated carbocycles. The van der Waals surface area contributed by atoms with E-state index in [1.165, 1.54) is 0 Å². The van der Waals surface area contributed by atoms with Crippen LogP contribution in [0, 0.1) is 11.8 Å². The first-order chi connectivity index (χ1) is 8.20. The first kappa shape index (κ1) is 11.7. The van der Waals surface area contributed by atoms with Gasteiger partial charge in [-0.15, -0.1) is 0 Å². The van der Waals surface area contributed by atoms with E-state index in [0.29, 0.717) is 19.4 Å². The van der Waals surface area contributed by atoms with Gasteiger partial charge in [0.2, 0.25) is 0 Å². The van der Waals surface area contributed by atoms with Crippen LogP contribution < -0.4 is 5.32 Å². The topological polar surface area (TPSA) is 49.3 Å². The fourth-order valence-corrected chi connectivity index (χ4v) is 1.96. The summed E-state index contributed by atoms with van der Waals surface area (Å²) in [5.41, 5.74) is 1.02. The minimum absolute atomic E-state index is 0.606. The van der Waals surface area contributed by atoms with Crippen molar-refractivity contribution >= 4 is 5.97 Å². The summed E-state index contributed by atoms with van der Waals surface area (Å²) in [7, 11) is 1.83. The molecule has 0 bridgehead atoms. The van der Waals surface area contributed by atoms with E-state index in [-0.39, 0.29) is 0 Å². The fourth-order valence-electron chi connectivity index (χ4n) is 1.96. The van der Waals surface area contributed by atoms with Crippen molar-refractivity contribution in [3.8, 4) is 11.8 Å². The quantitative estimate of drug-likeness (QED) is 0.770. The highest BCUT2D eigenvalue weighted by atomic mass is 16.4. The van der Waals surface area contributed by atoms with Crippen LogP contribution in [0.15, 0.2) is 24.3 Å². The number of nitrogens with one attached hydrogen (secondary N) is 1. The molecule has 0 atom stereocenters. The van der Waals surface area contributed by atoms with Crippen molar-refractivity contribution in [2.45, 2.75) is 18.3 Å². The summed E-state index contributed by atoms with van der Waals surface area (Å²) in [4.78, 5) is 11.3. The number of hydrogen-bond donors (Lipinski definition) is 2. The first-order valence-corrected chi connectivity index (χ1v) is 5.67. The van der Waals surface area contributed by atoms with Crippen LogP contribution >= 0.6 is 0 Å². The van der Waals surface area contributed by atoms with Gasteiger partial charge in [-0.2, -0.15) is 0 Å². The molecule has 17 heavy (non-hydrogen) atoms. The Labute approximate surface area is 101 Å². The van der Waals surface area contributed by atoms with Crippen molar-refractivity contribution < 1.29 is 9.90 Å². The lowest BCUT2D eigenvalue weighted by atomic mass is 9.91. The SMILES string of the molecule is CNCC#Cc1ccccc1C1(C(=O)O)CC1. The molecule has 1 fully saturated rings. The predicted octanol–water partition coefficient (Wildman–Crippen LogP) is 1.37. The van der Waals surface area contributed by atoms with Crippen molar-refractivity contribution in [1.29, 1.82) is 0 Å². The smallest absolute Gasteiger partial charge is 0.314 e. The van der Waals surface area contributed by atoms with Crippen LogP contribution in [0.1, 0.15) is 24.0 Å². The molecule has 2 rings (SSSR count). The third kappa shape index (κ3) is 2.17. The van der Waals surface area contributed by atoms with Gasteiger partial charge >= 0.3 is 5.97 Å². The highest BCUT2D eigenvalue weighted by Gasteiger charge is 2.52. The van der Waals surface area contributed by atoms with Crippen LogP contribution in [0.2, 0.25) is 0 Å². The van der Waals surface area contributed by atoms with Gasteiger partial charge in [0.25, 0.3) is 0 Å². The second kappa shape index (κ2) is 4.60. The van der Waals surface area contributed by atoms with Gasteiger partial charge < -0.3 is 10.4 Å². The maximum Gasteiger partial charge on any atom is 0.314 e. The molecule has 0 amide bonds. The van der Waals surface area contributed by atoms with E-state index in [4.69, 9.17) is 0 Å². The summed E-state index contributed by atoms with van der Waals surface area (Å²) in [5.74, 6) is 5.28. The predicted molar refractivity (Wildman–Crippen MR) is 65.8 cm³/mol. The average Bonchev–Trinajstić information content (AvgIpc) is 3.11. The minimum Gasteiger partial charge on any atom is -0.481 e. The maximum absolute atomic E-state index is 11.3. The number of carbonyl (C=O) groups is 1. The van der Waals surface area contributed by atoms with Crippen molar-refractivity contribution in [2.75, 3.05) is 13.6 Å². The summed E-state index contributed by atoms with van der Waals surface area (Å²) >= 11 is 0. The van der Waals surface area contributed by atoms with Crippen LogP contribution in [-0.2, 0) is 10.2 Å². The largest absolute Gasteiger partial charge is 0.481 e. The van der Waals surface area contributed by atoms with E-state index in [9.17, 15) is 9.90 Å². The summed E-state index contributed by atoms with van der Waals surface area (Å²) < 4.78 is 0. The highest BCUT2D eigenvalue weighted by molar-refractivity contribution is 5.86. The molecule has 1 aromatic carbocycles. The van der Waals surface area contributed by atoms with Crippen molar-refractivity contribution in [1.82, 2.24) is 5.32 Å². The van der Waals surface area contributed by atoms with E-state index in [0.717, 1.165) is 11.1 Å². The summed E-state index contributed by atoms with van der Waals surface area (Å²) in [6.07, 6.45) is 1.43. The molecule has 1 aliphatic carbocycles. The molecule has 0 aliphatic heterocycles. The Balaban J connectivity index is 2.36. The van der Waals surface area contributed by atoms with Crippen LogP contribution in [-0.4, -0.2) is 24.7 Å². The maximum atomic E-state index is 11.3. The zero-order valence-corrected chi connectivity index (χ0v) is 9.79. The number of benzene rings is 1. The Morgan fingerprint density at radius 1 is 1.47 bits per heavy atom. The normalized spacial score (nSPS) is 15.8. The standard InChI is InChI=1S/C14H15NO2/c1-15-10-4-6-11-5-2-3-7-12(11)14(8-9-14)13(16)17/h2-3,5,7,15H,8-10H2,1H3,(H,16,17). The molecule has 88 valence electrons. The van der Waals surface area contributed by atoms with E-state index >= 15 is 0 Å². The lowest BCUT2D eigenvalue weighted by molar-refractivity contribution is -0.140. The molecule has 0 radical (unpaired) electrons. The third-order valence-corrected chi connectivity index (χ3v) is 3.09. The highest BCUT2D eigenvalue weighted by Crippen LogP contribution is 2.49. The van der Waals surface area contributed by atoms with Gasteiger partial charge in [0.15, 0.2) is 0 Å². The number of carboxylic acid groups (broad SMARTS) is 1.